The van der Waals surface area contributed by atoms with E-state index in [0.717, 1.165) is 27.9 Å². The molecular weight excluding hydrogens is 336 g/mol. The van der Waals surface area contributed by atoms with Crippen LogP contribution in [0.3, 0.4) is 0 Å². The molecular formula is C22H18N4O. The Morgan fingerprint density at radius 3 is 2.22 bits per heavy atom. The molecule has 5 nitrogen and oxygen atoms in total. The number of rotatable bonds is 5. The molecule has 4 aromatic rings. The summed E-state index contributed by atoms with van der Waals surface area (Å²) in [6, 6.07) is 24.8. The number of hydrogen-bond donors (Lipinski definition) is 2. The monoisotopic (exact) mass is 354 g/mol. The van der Waals surface area contributed by atoms with E-state index < -0.39 is 0 Å². The highest BCUT2D eigenvalue weighted by Gasteiger charge is 2.09. The summed E-state index contributed by atoms with van der Waals surface area (Å²) < 4.78 is 0. The molecule has 0 saturated carbocycles. The molecule has 0 radical (unpaired) electrons. The molecule has 0 atom stereocenters. The molecule has 4 rings (SSSR count). The fourth-order valence-electron chi connectivity index (χ4n) is 2.77. The second-order valence-corrected chi connectivity index (χ2v) is 6.13. The Morgan fingerprint density at radius 2 is 1.48 bits per heavy atom. The Kier molecular flexibility index (Phi) is 4.74. The Bertz CT molecular complexity index is 1080. The van der Waals surface area contributed by atoms with Gasteiger partial charge in [-0.2, -0.15) is 5.10 Å². The SMILES string of the molecule is Oc1ccc(/C=N/Nc2nc3ccccc3nc2Cc2ccccc2)cc1. The Labute approximate surface area is 157 Å². The first-order valence-electron chi connectivity index (χ1n) is 8.66. The van der Waals surface area contributed by atoms with Gasteiger partial charge in [0.05, 0.1) is 22.9 Å². The van der Waals surface area contributed by atoms with Gasteiger partial charge >= 0.3 is 0 Å². The van der Waals surface area contributed by atoms with Gasteiger partial charge in [-0.25, -0.2) is 9.97 Å². The van der Waals surface area contributed by atoms with E-state index in [2.05, 4.69) is 27.6 Å². The van der Waals surface area contributed by atoms with E-state index in [4.69, 9.17) is 4.98 Å². The fourth-order valence-corrected chi connectivity index (χ4v) is 2.77. The first-order chi connectivity index (χ1) is 13.3. The topological polar surface area (TPSA) is 70.4 Å². The molecule has 0 aliphatic rings. The van der Waals surface area contributed by atoms with E-state index in [1.807, 2.05) is 42.5 Å². The summed E-state index contributed by atoms with van der Waals surface area (Å²) in [5, 5.41) is 13.7. The van der Waals surface area contributed by atoms with Crippen molar-refractivity contribution in [2.45, 2.75) is 6.42 Å². The quantitative estimate of drug-likeness (QED) is 0.412. The molecule has 2 N–H and O–H groups in total. The minimum absolute atomic E-state index is 0.227. The van der Waals surface area contributed by atoms with Crippen molar-refractivity contribution in [3.05, 3.63) is 95.7 Å². The summed E-state index contributed by atoms with van der Waals surface area (Å²) >= 11 is 0. The zero-order valence-corrected chi connectivity index (χ0v) is 14.6. The van der Waals surface area contributed by atoms with Gasteiger partial charge in [0.1, 0.15) is 5.75 Å². The van der Waals surface area contributed by atoms with E-state index in [1.165, 1.54) is 0 Å². The van der Waals surface area contributed by atoms with Crippen molar-refractivity contribution in [2.75, 3.05) is 5.43 Å². The van der Waals surface area contributed by atoms with Crippen LogP contribution in [-0.4, -0.2) is 21.3 Å². The maximum absolute atomic E-state index is 9.36. The van der Waals surface area contributed by atoms with Crippen LogP contribution >= 0.6 is 0 Å². The first-order valence-corrected chi connectivity index (χ1v) is 8.66. The van der Waals surface area contributed by atoms with Gasteiger partial charge in [-0.1, -0.05) is 42.5 Å². The van der Waals surface area contributed by atoms with Crippen molar-refractivity contribution < 1.29 is 5.11 Å². The predicted molar refractivity (Wildman–Crippen MR) is 108 cm³/mol. The average Bonchev–Trinajstić information content (AvgIpc) is 2.70. The number of phenolic OH excluding ortho intramolecular Hbond substituents is 1. The molecule has 0 aliphatic carbocycles. The average molecular weight is 354 g/mol. The van der Waals surface area contributed by atoms with Crippen molar-refractivity contribution in [1.82, 2.24) is 9.97 Å². The van der Waals surface area contributed by atoms with Gasteiger partial charge in [-0.15, -0.1) is 0 Å². The summed E-state index contributed by atoms with van der Waals surface area (Å²) in [7, 11) is 0. The molecule has 0 aliphatic heterocycles. The van der Waals surface area contributed by atoms with E-state index in [0.29, 0.717) is 12.2 Å². The molecule has 0 bridgehead atoms. The van der Waals surface area contributed by atoms with E-state index in [-0.39, 0.29) is 5.75 Å². The third-order valence-corrected chi connectivity index (χ3v) is 4.13. The number of hydrogen-bond acceptors (Lipinski definition) is 5. The third-order valence-electron chi connectivity index (χ3n) is 4.13. The van der Waals surface area contributed by atoms with Gasteiger partial charge in [0.2, 0.25) is 0 Å². The van der Waals surface area contributed by atoms with Gasteiger partial charge in [0.15, 0.2) is 5.82 Å². The highest BCUT2D eigenvalue weighted by atomic mass is 16.3. The lowest BCUT2D eigenvalue weighted by molar-refractivity contribution is 0.475. The summed E-state index contributed by atoms with van der Waals surface area (Å²) in [6.07, 6.45) is 2.35. The zero-order chi connectivity index (χ0) is 18.5. The minimum Gasteiger partial charge on any atom is -0.508 e. The number of nitrogens with zero attached hydrogens (tertiary/aromatic N) is 3. The number of para-hydroxylation sites is 2. The van der Waals surface area contributed by atoms with E-state index >= 15 is 0 Å². The number of aromatic hydroxyl groups is 1. The molecule has 27 heavy (non-hydrogen) atoms. The molecule has 5 heteroatoms. The second-order valence-electron chi connectivity index (χ2n) is 6.13. The Balaban J connectivity index is 1.64. The number of phenols is 1. The van der Waals surface area contributed by atoms with Crippen LogP contribution in [0, 0.1) is 0 Å². The molecule has 1 aromatic heterocycles. The molecule has 1 heterocycles. The number of nitrogens with one attached hydrogen (secondary N) is 1. The summed E-state index contributed by atoms with van der Waals surface area (Å²) in [5.41, 5.74) is 7.57. The van der Waals surface area contributed by atoms with Crippen LogP contribution in [0.5, 0.6) is 5.75 Å². The lowest BCUT2D eigenvalue weighted by atomic mass is 10.1. The predicted octanol–water partition coefficient (Wildman–Crippen LogP) is 4.37. The van der Waals surface area contributed by atoms with Gasteiger partial charge in [0.25, 0.3) is 0 Å². The van der Waals surface area contributed by atoms with Crippen molar-refractivity contribution in [3.63, 3.8) is 0 Å². The normalized spacial score (nSPS) is 11.1. The number of anilines is 1. The van der Waals surface area contributed by atoms with Crippen LogP contribution in [-0.2, 0) is 6.42 Å². The van der Waals surface area contributed by atoms with Crippen molar-refractivity contribution in [2.24, 2.45) is 5.10 Å². The zero-order valence-electron chi connectivity index (χ0n) is 14.6. The number of benzene rings is 3. The van der Waals surface area contributed by atoms with Crippen LogP contribution in [0.1, 0.15) is 16.8 Å². The van der Waals surface area contributed by atoms with Crippen LogP contribution in [0.15, 0.2) is 84.0 Å². The molecule has 0 amide bonds. The number of fused-ring (bicyclic) bond motifs is 1. The van der Waals surface area contributed by atoms with Crippen molar-refractivity contribution >= 4 is 23.1 Å². The maximum atomic E-state index is 9.36. The molecule has 3 aromatic carbocycles. The lowest BCUT2D eigenvalue weighted by Gasteiger charge is -2.09. The van der Waals surface area contributed by atoms with Gasteiger partial charge in [-0.3, -0.25) is 5.43 Å². The Morgan fingerprint density at radius 1 is 0.815 bits per heavy atom. The maximum Gasteiger partial charge on any atom is 0.169 e. The standard InChI is InChI=1S/C22H18N4O/c27-18-12-10-17(11-13-18)15-23-26-22-21(14-16-6-2-1-3-7-16)24-19-8-4-5-9-20(19)25-22/h1-13,15,27H,14H2,(H,25,26)/b23-15+. The largest absolute Gasteiger partial charge is 0.508 e. The summed E-state index contributed by atoms with van der Waals surface area (Å²) in [6.45, 7) is 0. The van der Waals surface area contributed by atoms with Crippen molar-refractivity contribution in [3.8, 4) is 5.75 Å². The highest BCUT2D eigenvalue weighted by Crippen LogP contribution is 2.20. The molecule has 132 valence electrons. The van der Waals surface area contributed by atoms with Gasteiger partial charge in [-0.05, 0) is 47.5 Å². The fraction of sp³-hybridized carbons (Fsp3) is 0.0455. The molecule has 0 fully saturated rings. The van der Waals surface area contributed by atoms with Gasteiger partial charge in [0, 0.05) is 6.42 Å². The molecule has 0 unspecified atom stereocenters. The van der Waals surface area contributed by atoms with Crippen LogP contribution in [0.4, 0.5) is 5.82 Å². The second kappa shape index (κ2) is 7.66. The van der Waals surface area contributed by atoms with E-state index in [1.54, 1.807) is 30.5 Å². The molecule has 0 saturated heterocycles. The summed E-state index contributed by atoms with van der Waals surface area (Å²) in [5.74, 6) is 0.859. The minimum atomic E-state index is 0.227. The first kappa shape index (κ1) is 16.7. The van der Waals surface area contributed by atoms with Crippen LogP contribution in [0.25, 0.3) is 11.0 Å². The Hall–Kier alpha value is -3.73. The van der Waals surface area contributed by atoms with Crippen LogP contribution in [0.2, 0.25) is 0 Å². The molecule has 0 spiro atoms. The number of hydrazone groups is 1. The highest BCUT2D eigenvalue weighted by molar-refractivity contribution is 5.81. The van der Waals surface area contributed by atoms with Crippen molar-refractivity contribution in [1.29, 1.82) is 0 Å². The lowest BCUT2D eigenvalue weighted by Crippen LogP contribution is -2.03. The third kappa shape index (κ3) is 4.10. The smallest absolute Gasteiger partial charge is 0.169 e. The van der Waals surface area contributed by atoms with Gasteiger partial charge < -0.3 is 5.11 Å². The van der Waals surface area contributed by atoms with E-state index in [9.17, 15) is 5.11 Å². The number of aromatic nitrogens is 2. The summed E-state index contributed by atoms with van der Waals surface area (Å²) in [4.78, 5) is 9.47. The van der Waals surface area contributed by atoms with Crippen LogP contribution < -0.4 is 5.43 Å².